The van der Waals surface area contributed by atoms with E-state index in [2.05, 4.69) is 17.1 Å². The van der Waals surface area contributed by atoms with Crippen LogP contribution in [-0.4, -0.2) is 61.5 Å². The second-order valence-electron chi connectivity index (χ2n) is 6.30. The van der Waals surface area contributed by atoms with Gasteiger partial charge >= 0.3 is 0 Å². The molecular weight excluding hydrogens is 274 g/mol. The van der Waals surface area contributed by atoms with Gasteiger partial charge in [0.1, 0.15) is 0 Å². The molecule has 1 heterocycles. The van der Waals surface area contributed by atoms with E-state index in [1.54, 1.807) is 0 Å². The highest BCUT2D eigenvalue weighted by molar-refractivity contribution is 5.85. The van der Waals surface area contributed by atoms with Gasteiger partial charge in [0.15, 0.2) is 0 Å². The van der Waals surface area contributed by atoms with Crippen LogP contribution in [0.4, 0.5) is 0 Å². The van der Waals surface area contributed by atoms with Crippen LogP contribution in [0.3, 0.4) is 0 Å². The molecule has 118 valence electrons. The number of halogens is 1. The third-order valence-electron chi connectivity index (χ3n) is 4.72. The molecule has 2 fully saturated rings. The van der Waals surface area contributed by atoms with Crippen LogP contribution >= 0.6 is 12.4 Å². The summed E-state index contributed by atoms with van der Waals surface area (Å²) in [4.78, 5) is 16.7. The van der Waals surface area contributed by atoms with Crippen molar-refractivity contribution >= 4 is 18.3 Å². The van der Waals surface area contributed by atoms with Gasteiger partial charge < -0.3 is 10.2 Å². The number of carbonyl (C=O) groups is 1. The van der Waals surface area contributed by atoms with E-state index in [0.29, 0.717) is 18.5 Å². The maximum absolute atomic E-state index is 12.4. The first kappa shape index (κ1) is 17.7. The zero-order valence-corrected chi connectivity index (χ0v) is 13.8. The Balaban J connectivity index is 0.00000200. The van der Waals surface area contributed by atoms with Gasteiger partial charge in [-0.3, -0.25) is 9.69 Å². The number of hydrogen-bond donors (Lipinski definition) is 1. The highest BCUT2D eigenvalue weighted by Gasteiger charge is 2.25. The maximum atomic E-state index is 12.4. The Kier molecular flexibility index (Phi) is 7.85. The Labute approximate surface area is 129 Å². The van der Waals surface area contributed by atoms with E-state index in [1.807, 2.05) is 11.9 Å². The van der Waals surface area contributed by atoms with Crippen molar-refractivity contribution in [1.29, 1.82) is 0 Å². The average molecular weight is 304 g/mol. The third-order valence-corrected chi connectivity index (χ3v) is 4.72. The van der Waals surface area contributed by atoms with Gasteiger partial charge in [-0.25, -0.2) is 0 Å². The van der Waals surface area contributed by atoms with Gasteiger partial charge in [0.25, 0.3) is 0 Å². The van der Waals surface area contributed by atoms with Crippen molar-refractivity contribution < 1.29 is 4.79 Å². The van der Waals surface area contributed by atoms with Gasteiger partial charge in [-0.2, -0.15) is 0 Å². The van der Waals surface area contributed by atoms with Crippen LogP contribution in [0.1, 0.15) is 39.0 Å². The van der Waals surface area contributed by atoms with Crippen molar-refractivity contribution in [2.75, 3.05) is 39.8 Å². The molecule has 0 radical (unpaired) electrons. The molecule has 0 spiro atoms. The number of rotatable bonds is 3. The molecule has 0 aromatic heterocycles. The van der Waals surface area contributed by atoms with Gasteiger partial charge in [-0.15, -0.1) is 12.4 Å². The first-order chi connectivity index (χ1) is 9.16. The molecular formula is C15H30ClN3O. The lowest BCUT2D eigenvalue weighted by Gasteiger charge is -2.34. The quantitative estimate of drug-likeness (QED) is 0.863. The maximum Gasteiger partial charge on any atom is 0.236 e. The third kappa shape index (κ3) is 5.23. The lowest BCUT2D eigenvalue weighted by Crippen LogP contribution is -2.45. The summed E-state index contributed by atoms with van der Waals surface area (Å²) in [6, 6.07) is 0.480. The van der Waals surface area contributed by atoms with Crippen molar-refractivity contribution in [3.8, 4) is 0 Å². The van der Waals surface area contributed by atoms with Crippen LogP contribution in [0, 0.1) is 5.92 Å². The summed E-state index contributed by atoms with van der Waals surface area (Å²) in [7, 11) is 2.00. The lowest BCUT2D eigenvalue weighted by atomic mass is 9.87. The van der Waals surface area contributed by atoms with E-state index in [4.69, 9.17) is 0 Å². The fourth-order valence-corrected chi connectivity index (χ4v) is 3.20. The molecule has 0 atom stereocenters. The minimum Gasteiger partial charge on any atom is -0.342 e. The minimum atomic E-state index is 0. The Bertz CT molecular complexity index is 285. The fourth-order valence-electron chi connectivity index (χ4n) is 3.20. The van der Waals surface area contributed by atoms with Gasteiger partial charge in [0, 0.05) is 26.2 Å². The SMILES string of the molecule is CC1CCC(N(C)C(=O)CN2CCCNCC2)CC1.Cl. The molecule has 5 heteroatoms. The molecule has 2 rings (SSSR count). The molecule has 4 nitrogen and oxygen atoms in total. The average Bonchev–Trinajstić information content (AvgIpc) is 2.67. The number of amides is 1. The standard InChI is InChI=1S/C15H29N3O.ClH/c1-13-4-6-14(7-5-13)17(2)15(19)12-18-10-3-8-16-9-11-18;/h13-14,16H,3-12H2,1-2H3;1H. The predicted octanol–water partition coefficient (Wildman–Crippen LogP) is 1.74. The van der Waals surface area contributed by atoms with Gasteiger partial charge in [0.05, 0.1) is 6.54 Å². The minimum absolute atomic E-state index is 0. The van der Waals surface area contributed by atoms with Crippen LogP contribution in [0.2, 0.25) is 0 Å². The molecule has 1 saturated carbocycles. The molecule has 20 heavy (non-hydrogen) atoms. The summed E-state index contributed by atoms with van der Waals surface area (Å²) in [5.74, 6) is 1.15. The first-order valence-electron chi connectivity index (χ1n) is 7.85. The number of likely N-dealkylation sites (N-methyl/N-ethyl adjacent to an activating group) is 1. The largest absolute Gasteiger partial charge is 0.342 e. The van der Waals surface area contributed by atoms with E-state index in [0.717, 1.165) is 38.5 Å². The fraction of sp³-hybridized carbons (Fsp3) is 0.933. The first-order valence-corrected chi connectivity index (χ1v) is 7.85. The van der Waals surface area contributed by atoms with E-state index >= 15 is 0 Å². The smallest absolute Gasteiger partial charge is 0.236 e. The van der Waals surface area contributed by atoms with Gasteiger partial charge in [0.2, 0.25) is 5.91 Å². The molecule has 0 unspecified atom stereocenters. The van der Waals surface area contributed by atoms with Crippen LogP contribution in [-0.2, 0) is 4.79 Å². The number of hydrogen-bond acceptors (Lipinski definition) is 3. The van der Waals surface area contributed by atoms with Crippen molar-refractivity contribution in [2.24, 2.45) is 5.92 Å². The zero-order chi connectivity index (χ0) is 13.7. The second kappa shape index (κ2) is 8.85. The topological polar surface area (TPSA) is 35.6 Å². The lowest BCUT2D eigenvalue weighted by molar-refractivity contribution is -0.133. The Morgan fingerprint density at radius 2 is 1.90 bits per heavy atom. The van der Waals surface area contributed by atoms with E-state index in [1.165, 1.54) is 25.7 Å². The molecule has 1 aliphatic carbocycles. The van der Waals surface area contributed by atoms with Crippen molar-refractivity contribution in [3.63, 3.8) is 0 Å². The Morgan fingerprint density at radius 1 is 1.20 bits per heavy atom. The molecule has 1 amide bonds. The molecule has 0 aromatic carbocycles. The van der Waals surface area contributed by atoms with Gasteiger partial charge in [-0.1, -0.05) is 6.92 Å². The number of carbonyl (C=O) groups excluding carboxylic acids is 1. The normalized spacial score (nSPS) is 28.3. The number of nitrogens with one attached hydrogen (secondary N) is 1. The summed E-state index contributed by atoms with van der Waals surface area (Å²) in [6.07, 6.45) is 6.07. The summed E-state index contributed by atoms with van der Waals surface area (Å²) < 4.78 is 0. The molecule has 0 aromatic rings. The van der Waals surface area contributed by atoms with E-state index in [9.17, 15) is 4.79 Å². The van der Waals surface area contributed by atoms with Crippen LogP contribution in [0.25, 0.3) is 0 Å². The zero-order valence-electron chi connectivity index (χ0n) is 12.9. The van der Waals surface area contributed by atoms with Crippen LogP contribution in [0.5, 0.6) is 0 Å². The van der Waals surface area contributed by atoms with Crippen molar-refractivity contribution in [3.05, 3.63) is 0 Å². The van der Waals surface area contributed by atoms with Crippen molar-refractivity contribution in [2.45, 2.75) is 45.1 Å². The van der Waals surface area contributed by atoms with E-state index < -0.39 is 0 Å². The Morgan fingerprint density at radius 3 is 2.60 bits per heavy atom. The Hall–Kier alpha value is -0.320. The molecule has 1 saturated heterocycles. The summed E-state index contributed by atoms with van der Waals surface area (Å²) in [5.41, 5.74) is 0. The molecule has 1 aliphatic heterocycles. The molecule has 2 aliphatic rings. The van der Waals surface area contributed by atoms with E-state index in [-0.39, 0.29) is 12.4 Å². The predicted molar refractivity (Wildman–Crippen MR) is 85.4 cm³/mol. The van der Waals surface area contributed by atoms with Crippen LogP contribution < -0.4 is 5.32 Å². The summed E-state index contributed by atoms with van der Waals surface area (Å²) >= 11 is 0. The van der Waals surface area contributed by atoms with Crippen molar-refractivity contribution in [1.82, 2.24) is 15.1 Å². The summed E-state index contributed by atoms with van der Waals surface area (Å²) in [6.45, 7) is 7.07. The highest BCUT2D eigenvalue weighted by Crippen LogP contribution is 2.26. The highest BCUT2D eigenvalue weighted by atomic mass is 35.5. The molecule has 1 N–H and O–H groups in total. The van der Waals surface area contributed by atoms with Gasteiger partial charge in [-0.05, 0) is 51.1 Å². The summed E-state index contributed by atoms with van der Waals surface area (Å²) in [5, 5.41) is 3.38. The second-order valence-corrected chi connectivity index (χ2v) is 6.30. The van der Waals surface area contributed by atoms with Crippen LogP contribution in [0.15, 0.2) is 0 Å². The number of nitrogens with zero attached hydrogens (tertiary/aromatic N) is 2. The molecule has 0 bridgehead atoms. The monoisotopic (exact) mass is 303 g/mol.